The van der Waals surface area contributed by atoms with Gasteiger partial charge in [-0.2, -0.15) is 0 Å². The Balaban J connectivity index is 2.25. The third-order valence-corrected chi connectivity index (χ3v) is 4.55. The molecule has 110 valence electrons. The second-order valence-corrected chi connectivity index (χ2v) is 6.20. The highest BCUT2D eigenvalue weighted by atomic mass is 32.2. The van der Waals surface area contributed by atoms with Crippen LogP contribution in [0, 0.1) is 5.92 Å². The average Bonchev–Trinajstić information content (AvgIpc) is 2.46. The van der Waals surface area contributed by atoms with Crippen molar-refractivity contribution in [1.29, 1.82) is 0 Å². The van der Waals surface area contributed by atoms with Gasteiger partial charge in [-0.25, -0.2) is 0 Å². The van der Waals surface area contributed by atoms with E-state index >= 15 is 0 Å². The van der Waals surface area contributed by atoms with Crippen LogP contribution in [-0.4, -0.2) is 31.1 Å². The summed E-state index contributed by atoms with van der Waals surface area (Å²) in [6.07, 6.45) is 0. The molecule has 1 heterocycles. The minimum atomic E-state index is -0.106. The van der Waals surface area contributed by atoms with Gasteiger partial charge in [-0.1, -0.05) is 31.7 Å². The van der Waals surface area contributed by atoms with Gasteiger partial charge < -0.3 is 9.47 Å². The van der Waals surface area contributed by atoms with Gasteiger partial charge in [-0.05, 0) is 12.0 Å². The van der Waals surface area contributed by atoms with Crippen molar-refractivity contribution in [3.63, 3.8) is 0 Å². The lowest BCUT2D eigenvalue weighted by atomic mass is 10.0. The van der Waals surface area contributed by atoms with Crippen molar-refractivity contribution < 1.29 is 14.3 Å². The molecule has 0 saturated carbocycles. The molecule has 1 fully saturated rings. The first kappa shape index (κ1) is 15.2. The van der Waals surface area contributed by atoms with Gasteiger partial charge in [-0.15, -0.1) is 0 Å². The van der Waals surface area contributed by atoms with Gasteiger partial charge >= 0.3 is 0 Å². The fourth-order valence-corrected chi connectivity index (χ4v) is 3.47. The quantitative estimate of drug-likeness (QED) is 0.925. The number of thioether (sulfide) groups is 1. The maximum atomic E-state index is 11.9. The van der Waals surface area contributed by atoms with Crippen LogP contribution in [0.3, 0.4) is 0 Å². The summed E-state index contributed by atoms with van der Waals surface area (Å²) in [7, 11) is 3.29. The molecule has 2 atom stereocenters. The van der Waals surface area contributed by atoms with Crippen molar-refractivity contribution in [1.82, 2.24) is 5.32 Å². The maximum Gasteiger partial charge on any atom is 0.206 e. The Morgan fingerprint density at radius 2 is 2.05 bits per heavy atom. The van der Waals surface area contributed by atoms with Crippen molar-refractivity contribution in [2.45, 2.75) is 25.9 Å². The second-order valence-electron chi connectivity index (χ2n) is 5.18. The van der Waals surface area contributed by atoms with Gasteiger partial charge in [0.1, 0.15) is 11.5 Å². The Hall–Kier alpha value is -1.20. The lowest BCUT2D eigenvalue weighted by molar-refractivity contribution is -0.114. The summed E-state index contributed by atoms with van der Waals surface area (Å²) in [6, 6.07) is 5.81. The van der Waals surface area contributed by atoms with Crippen LogP contribution in [-0.2, 0) is 4.79 Å². The summed E-state index contributed by atoms with van der Waals surface area (Å²) >= 11 is 1.40. The summed E-state index contributed by atoms with van der Waals surface area (Å²) in [4.78, 5) is 11.9. The number of ether oxygens (including phenoxy) is 2. The van der Waals surface area contributed by atoms with Crippen LogP contribution in [0.15, 0.2) is 18.2 Å². The zero-order valence-electron chi connectivity index (χ0n) is 12.3. The van der Waals surface area contributed by atoms with E-state index in [1.54, 1.807) is 14.2 Å². The molecule has 1 aromatic rings. The monoisotopic (exact) mass is 295 g/mol. The molecular formula is C15H21NO3S. The Morgan fingerprint density at radius 1 is 1.30 bits per heavy atom. The van der Waals surface area contributed by atoms with Gasteiger partial charge in [0.15, 0.2) is 0 Å². The van der Waals surface area contributed by atoms with Gasteiger partial charge in [0.2, 0.25) is 5.12 Å². The van der Waals surface area contributed by atoms with Crippen molar-refractivity contribution in [3.8, 4) is 11.5 Å². The number of carbonyl (C=O) groups is 1. The van der Waals surface area contributed by atoms with E-state index in [4.69, 9.17) is 9.47 Å². The van der Waals surface area contributed by atoms with E-state index in [9.17, 15) is 4.79 Å². The van der Waals surface area contributed by atoms with E-state index < -0.39 is 0 Å². The number of hydrogen-bond acceptors (Lipinski definition) is 5. The van der Waals surface area contributed by atoms with E-state index in [0.29, 0.717) is 0 Å². The molecule has 1 aliphatic rings. The summed E-state index contributed by atoms with van der Waals surface area (Å²) in [6.45, 7) is 4.12. The number of hydrogen-bond donors (Lipinski definition) is 1. The third-order valence-electron chi connectivity index (χ3n) is 3.51. The third kappa shape index (κ3) is 3.10. The number of nitrogens with one attached hydrogen (secondary N) is 1. The normalized spacial score (nSPS) is 22.9. The Morgan fingerprint density at radius 3 is 2.65 bits per heavy atom. The van der Waals surface area contributed by atoms with Crippen LogP contribution in [0.1, 0.15) is 25.5 Å². The van der Waals surface area contributed by atoms with Crippen molar-refractivity contribution in [3.05, 3.63) is 23.8 Å². The molecule has 1 aliphatic heterocycles. The van der Waals surface area contributed by atoms with E-state index in [1.165, 1.54) is 11.8 Å². The van der Waals surface area contributed by atoms with E-state index in [-0.39, 0.29) is 23.1 Å². The molecule has 0 spiro atoms. The first-order chi connectivity index (χ1) is 9.56. The topological polar surface area (TPSA) is 47.6 Å². The zero-order chi connectivity index (χ0) is 14.7. The molecule has 0 radical (unpaired) electrons. The van der Waals surface area contributed by atoms with E-state index in [0.717, 1.165) is 22.8 Å². The fraction of sp³-hybridized carbons (Fsp3) is 0.533. The fourth-order valence-electron chi connectivity index (χ4n) is 2.34. The molecule has 1 saturated heterocycles. The highest BCUT2D eigenvalue weighted by Gasteiger charge is 2.32. The molecule has 0 aromatic heterocycles. The van der Waals surface area contributed by atoms with Crippen LogP contribution in [0.25, 0.3) is 0 Å². The van der Waals surface area contributed by atoms with E-state index in [1.807, 2.05) is 18.2 Å². The second kappa shape index (κ2) is 6.50. The molecule has 0 amide bonds. The van der Waals surface area contributed by atoms with Crippen LogP contribution in [0.2, 0.25) is 0 Å². The number of carbonyl (C=O) groups excluding carboxylic acids is 1. The molecule has 0 bridgehead atoms. The van der Waals surface area contributed by atoms with Crippen molar-refractivity contribution >= 4 is 16.9 Å². The first-order valence-electron chi connectivity index (χ1n) is 6.71. The number of rotatable bonds is 4. The lowest BCUT2D eigenvalue weighted by Gasteiger charge is -2.32. The molecular weight excluding hydrogens is 274 g/mol. The number of benzene rings is 1. The summed E-state index contributed by atoms with van der Waals surface area (Å²) in [5, 5.41) is 3.67. The largest absolute Gasteiger partial charge is 0.497 e. The molecule has 1 aromatic carbocycles. The van der Waals surface area contributed by atoms with Gasteiger partial charge in [0.25, 0.3) is 0 Å². The Kier molecular flexibility index (Phi) is 4.94. The van der Waals surface area contributed by atoms with E-state index in [2.05, 4.69) is 19.2 Å². The Bertz CT molecular complexity index is 490. The lowest BCUT2D eigenvalue weighted by Crippen LogP contribution is -2.46. The van der Waals surface area contributed by atoms with Crippen LogP contribution >= 0.6 is 11.8 Å². The average molecular weight is 295 g/mol. The predicted octanol–water partition coefficient (Wildman–Crippen LogP) is 2.63. The molecule has 1 N–H and O–H groups in total. The molecule has 2 rings (SSSR count). The predicted molar refractivity (Wildman–Crippen MR) is 81.5 cm³/mol. The standard InChI is InChI=1S/C15H21NO3S/c1-9(2)14-15(17)20-8-12(16-14)11-6-5-10(18-3)7-13(11)19-4/h5-7,9,12,14,16H,8H2,1-4H3/t12-,14?/m0/s1. The minimum Gasteiger partial charge on any atom is -0.497 e. The summed E-state index contributed by atoms with van der Waals surface area (Å²) < 4.78 is 10.7. The molecule has 20 heavy (non-hydrogen) atoms. The van der Waals surface area contributed by atoms with Crippen LogP contribution in [0.4, 0.5) is 0 Å². The minimum absolute atomic E-state index is 0.106. The van der Waals surface area contributed by atoms with Crippen LogP contribution < -0.4 is 14.8 Å². The maximum absolute atomic E-state index is 11.9. The highest BCUT2D eigenvalue weighted by Crippen LogP contribution is 2.34. The van der Waals surface area contributed by atoms with Crippen molar-refractivity contribution in [2.24, 2.45) is 5.92 Å². The van der Waals surface area contributed by atoms with Crippen LogP contribution in [0.5, 0.6) is 11.5 Å². The van der Waals surface area contributed by atoms with Gasteiger partial charge in [0.05, 0.1) is 20.3 Å². The molecule has 5 heteroatoms. The number of methoxy groups -OCH3 is 2. The summed E-state index contributed by atoms with van der Waals surface area (Å²) in [5.74, 6) is 2.57. The Labute approximate surface area is 124 Å². The van der Waals surface area contributed by atoms with Gasteiger partial charge in [0, 0.05) is 23.4 Å². The molecule has 1 unspecified atom stereocenters. The first-order valence-corrected chi connectivity index (χ1v) is 7.70. The van der Waals surface area contributed by atoms with Crippen molar-refractivity contribution in [2.75, 3.05) is 20.0 Å². The summed E-state index contributed by atoms with van der Waals surface area (Å²) in [5.41, 5.74) is 1.07. The molecule has 0 aliphatic carbocycles. The smallest absolute Gasteiger partial charge is 0.206 e. The highest BCUT2D eigenvalue weighted by molar-refractivity contribution is 8.13. The zero-order valence-corrected chi connectivity index (χ0v) is 13.1. The SMILES string of the molecule is COc1ccc([C@@H]2CSC(=O)C(C(C)C)N2)c(OC)c1. The molecule has 4 nitrogen and oxygen atoms in total. The van der Waals surface area contributed by atoms with Gasteiger partial charge in [-0.3, -0.25) is 10.1 Å².